The summed E-state index contributed by atoms with van der Waals surface area (Å²) < 4.78 is 19.6. The number of ketones is 1. The number of aryl methyl sites for hydroxylation is 1. The smallest absolute Gasteiger partial charge is 0.231 e. The van der Waals surface area contributed by atoms with E-state index >= 15 is 0 Å². The molecule has 0 saturated heterocycles. The number of ether oxygens (including phenoxy) is 3. The van der Waals surface area contributed by atoms with E-state index in [1.807, 2.05) is 55.5 Å². The first-order valence-electron chi connectivity index (χ1n) is 11.0. The topological polar surface area (TPSA) is 49.7 Å². The number of hydrogen-bond acceptors (Lipinski definition) is 4. The van der Waals surface area contributed by atoms with Gasteiger partial charge in [0, 0.05) is 34.8 Å². The predicted octanol–water partition coefficient (Wildman–Crippen LogP) is 6.17. The first kappa shape index (κ1) is 20.9. The van der Waals surface area contributed by atoms with Crippen molar-refractivity contribution in [2.24, 2.45) is 0 Å². The van der Waals surface area contributed by atoms with E-state index in [2.05, 4.69) is 29.8 Å². The van der Waals surface area contributed by atoms with Crippen molar-refractivity contribution in [1.29, 1.82) is 0 Å². The Kier molecular flexibility index (Phi) is 5.38. The standard InChI is InChI=1S/C28H25NO4/c1-4-29-16-20(22-10-5-6-11-24(22)29)15-26-27(30)23-12-13-25(18(2)28(23)33-26)32-17-19-8-7-9-21(14-19)31-3/h5-16H,4,17H2,1-3H3. The van der Waals surface area contributed by atoms with Gasteiger partial charge in [-0.15, -0.1) is 0 Å². The fourth-order valence-electron chi connectivity index (χ4n) is 4.24. The lowest BCUT2D eigenvalue weighted by atomic mass is 10.1. The van der Waals surface area contributed by atoms with Crippen molar-refractivity contribution in [3.8, 4) is 17.2 Å². The third-order valence-electron chi connectivity index (χ3n) is 6.01. The number of Topliss-reactive ketones (excluding diaryl/α,β-unsaturated/α-hetero) is 1. The van der Waals surface area contributed by atoms with E-state index in [1.54, 1.807) is 13.2 Å². The Balaban J connectivity index is 1.42. The molecule has 166 valence electrons. The highest BCUT2D eigenvalue weighted by Crippen LogP contribution is 2.40. The number of rotatable bonds is 6. The zero-order valence-corrected chi connectivity index (χ0v) is 18.9. The first-order valence-corrected chi connectivity index (χ1v) is 11.0. The summed E-state index contributed by atoms with van der Waals surface area (Å²) in [5, 5.41) is 1.10. The fourth-order valence-corrected chi connectivity index (χ4v) is 4.24. The average Bonchev–Trinajstić information content (AvgIpc) is 3.37. The quantitative estimate of drug-likeness (QED) is 0.337. The molecule has 0 radical (unpaired) electrons. The van der Waals surface area contributed by atoms with Crippen LogP contribution in [0.1, 0.15) is 34.0 Å². The third-order valence-corrected chi connectivity index (χ3v) is 6.01. The van der Waals surface area contributed by atoms with Crippen LogP contribution in [0.3, 0.4) is 0 Å². The van der Waals surface area contributed by atoms with Crippen LogP contribution in [0.4, 0.5) is 0 Å². The Bertz CT molecular complexity index is 1400. The van der Waals surface area contributed by atoms with Crippen molar-refractivity contribution in [2.45, 2.75) is 27.0 Å². The molecule has 0 saturated carbocycles. The Hall–Kier alpha value is -3.99. The number of carbonyl (C=O) groups excluding carboxylic acids is 1. The maximum atomic E-state index is 13.1. The number of carbonyl (C=O) groups is 1. The van der Waals surface area contributed by atoms with Crippen LogP contribution in [-0.2, 0) is 13.2 Å². The van der Waals surface area contributed by atoms with Crippen LogP contribution in [0.2, 0.25) is 0 Å². The van der Waals surface area contributed by atoms with Gasteiger partial charge >= 0.3 is 0 Å². The SMILES string of the molecule is CCn1cc(C=C2Oc3c(ccc(OCc4cccc(OC)c4)c3C)C2=O)c2ccccc21. The van der Waals surface area contributed by atoms with E-state index in [1.165, 1.54) is 0 Å². The van der Waals surface area contributed by atoms with Gasteiger partial charge in [0.05, 0.1) is 12.7 Å². The summed E-state index contributed by atoms with van der Waals surface area (Å²) in [4.78, 5) is 13.1. The summed E-state index contributed by atoms with van der Waals surface area (Å²) in [5.74, 6) is 2.26. The highest BCUT2D eigenvalue weighted by molar-refractivity contribution is 6.15. The summed E-state index contributed by atoms with van der Waals surface area (Å²) in [6.07, 6.45) is 3.90. The number of allylic oxidation sites excluding steroid dienone is 1. The molecule has 4 aromatic rings. The van der Waals surface area contributed by atoms with Gasteiger partial charge in [0.2, 0.25) is 5.78 Å². The summed E-state index contributed by atoms with van der Waals surface area (Å²) in [7, 11) is 1.64. The lowest BCUT2D eigenvalue weighted by Crippen LogP contribution is -1.99. The van der Waals surface area contributed by atoms with Gasteiger partial charge in [0.15, 0.2) is 5.76 Å². The van der Waals surface area contributed by atoms with Gasteiger partial charge in [-0.1, -0.05) is 30.3 Å². The zero-order valence-electron chi connectivity index (χ0n) is 18.9. The van der Waals surface area contributed by atoms with E-state index < -0.39 is 0 Å². The van der Waals surface area contributed by atoms with Crippen LogP contribution in [0.5, 0.6) is 17.2 Å². The van der Waals surface area contributed by atoms with Crippen LogP contribution in [-0.4, -0.2) is 17.5 Å². The highest BCUT2D eigenvalue weighted by Gasteiger charge is 2.30. The molecule has 0 spiro atoms. The molecule has 2 heterocycles. The van der Waals surface area contributed by atoms with Gasteiger partial charge in [0.25, 0.3) is 0 Å². The minimum absolute atomic E-state index is 0.110. The van der Waals surface area contributed by atoms with Crippen LogP contribution in [0, 0.1) is 6.92 Å². The van der Waals surface area contributed by atoms with Gasteiger partial charge in [-0.05, 0) is 55.8 Å². The Labute approximate surface area is 192 Å². The van der Waals surface area contributed by atoms with Gasteiger partial charge in [-0.25, -0.2) is 0 Å². The zero-order chi connectivity index (χ0) is 22.9. The lowest BCUT2D eigenvalue weighted by molar-refractivity contribution is 0.101. The second kappa shape index (κ2) is 8.51. The molecule has 3 aromatic carbocycles. The van der Waals surface area contributed by atoms with Gasteiger partial charge in [-0.3, -0.25) is 4.79 Å². The van der Waals surface area contributed by atoms with E-state index in [-0.39, 0.29) is 5.78 Å². The molecule has 1 aliphatic rings. The average molecular weight is 440 g/mol. The maximum absolute atomic E-state index is 13.1. The first-order chi connectivity index (χ1) is 16.1. The minimum Gasteiger partial charge on any atom is -0.497 e. The summed E-state index contributed by atoms with van der Waals surface area (Å²) in [6, 6.07) is 19.6. The maximum Gasteiger partial charge on any atom is 0.231 e. The van der Waals surface area contributed by atoms with Crippen LogP contribution < -0.4 is 14.2 Å². The van der Waals surface area contributed by atoms with Crippen LogP contribution in [0.25, 0.3) is 17.0 Å². The molecule has 1 aliphatic heterocycles. The fraction of sp³-hybridized carbons (Fsp3) is 0.179. The molecule has 0 atom stereocenters. The normalized spacial score (nSPS) is 13.9. The van der Waals surface area contributed by atoms with Crippen molar-refractivity contribution in [2.75, 3.05) is 7.11 Å². The molecular formula is C28H25NO4. The molecule has 0 aliphatic carbocycles. The highest BCUT2D eigenvalue weighted by atomic mass is 16.5. The summed E-state index contributed by atoms with van der Waals surface area (Å²) in [6.45, 7) is 5.27. The number of hydrogen-bond donors (Lipinski definition) is 0. The number of para-hydroxylation sites is 1. The molecule has 5 nitrogen and oxygen atoms in total. The van der Waals surface area contributed by atoms with Gasteiger partial charge in [-0.2, -0.15) is 0 Å². The Morgan fingerprint density at radius 3 is 2.73 bits per heavy atom. The molecule has 0 bridgehead atoms. The second-order valence-corrected chi connectivity index (χ2v) is 8.03. The molecule has 1 aromatic heterocycles. The van der Waals surface area contributed by atoms with E-state index in [0.717, 1.165) is 39.9 Å². The molecule has 0 unspecified atom stereocenters. The largest absolute Gasteiger partial charge is 0.497 e. The summed E-state index contributed by atoms with van der Waals surface area (Å²) in [5.41, 5.74) is 4.48. The predicted molar refractivity (Wildman–Crippen MR) is 129 cm³/mol. The number of nitrogens with zero attached hydrogens (tertiary/aromatic N) is 1. The van der Waals surface area contributed by atoms with E-state index in [9.17, 15) is 4.79 Å². The van der Waals surface area contributed by atoms with Crippen molar-refractivity contribution in [3.05, 3.63) is 94.9 Å². The molecular weight excluding hydrogens is 414 g/mol. The van der Waals surface area contributed by atoms with Gasteiger partial charge < -0.3 is 18.8 Å². The number of aromatic nitrogens is 1. The Morgan fingerprint density at radius 2 is 1.91 bits per heavy atom. The number of benzene rings is 3. The summed E-state index contributed by atoms with van der Waals surface area (Å²) >= 11 is 0. The van der Waals surface area contributed by atoms with Crippen LogP contribution in [0.15, 0.2) is 72.6 Å². The molecule has 5 rings (SSSR count). The lowest BCUT2D eigenvalue weighted by Gasteiger charge is -2.12. The van der Waals surface area contributed by atoms with Crippen LogP contribution >= 0.6 is 0 Å². The molecule has 5 heteroatoms. The number of fused-ring (bicyclic) bond motifs is 2. The van der Waals surface area contributed by atoms with E-state index in [4.69, 9.17) is 14.2 Å². The number of methoxy groups -OCH3 is 1. The van der Waals surface area contributed by atoms with E-state index in [0.29, 0.717) is 29.4 Å². The third kappa shape index (κ3) is 3.76. The Morgan fingerprint density at radius 1 is 1.06 bits per heavy atom. The molecule has 0 amide bonds. The van der Waals surface area contributed by atoms with Crippen molar-refractivity contribution in [1.82, 2.24) is 4.57 Å². The van der Waals surface area contributed by atoms with Crippen molar-refractivity contribution < 1.29 is 19.0 Å². The second-order valence-electron chi connectivity index (χ2n) is 8.03. The molecule has 33 heavy (non-hydrogen) atoms. The molecule has 0 N–H and O–H groups in total. The van der Waals surface area contributed by atoms with Crippen molar-refractivity contribution >= 4 is 22.8 Å². The van der Waals surface area contributed by atoms with Gasteiger partial charge in [0.1, 0.15) is 23.9 Å². The monoisotopic (exact) mass is 439 g/mol. The molecule has 0 fully saturated rings. The van der Waals surface area contributed by atoms with Crippen molar-refractivity contribution in [3.63, 3.8) is 0 Å². The minimum atomic E-state index is -0.110.